The second-order valence-corrected chi connectivity index (χ2v) is 8.06. The van der Waals surface area contributed by atoms with Crippen molar-refractivity contribution in [3.05, 3.63) is 48.3 Å². The van der Waals surface area contributed by atoms with Gasteiger partial charge in [-0.3, -0.25) is 14.6 Å². The van der Waals surface area contributed by atoms with Crippen LogP contribution in [0.15, 0.2) is 36.9 Å². The van der Waals surface area contributed by atoms with E-state index in [0.717, 1.165) is 31.8 Å². The van der Waals surface area contributed by atoms with Crippen molar-refractivity contribution in [3.8, 4) is 0 Å². The van der Waals surface area contributed by atoms with E-state index >= 15 is 0 Å². The Morgan fingerprint density at radius 1 is 1.00 bits per heavy atom. The van der Waals surface area contributed by atoms with E-state index in [4.69, 9.17) is 4.74 Å². The minimum Gasteiger partial charge on any atom is -0.352 e. The summed E-state index contributed by atoms with van der Waals surface area (Å²) in [6.07, 6.45) is 9.86. The van der Waals surface area contributed by atoms with Gasteiger partial charge in [-0.05, 0) is 25.0 Å². The van der Waals surface area contributed by atoms with Gasteiger partial charge >= 0.3 is 0 Å². The molecule has 3 aliphatic rings. The number of aromatic nitrogens is 3. The maximum Gasteiger partial charge on any atom is 0.253 e. The van der Waals surface area contributed by atoms with Crippen LogP contribution in [-0.2, 0) is 21.7 Å². The molecule has 29 heavy (non-hydrogen) atoms. The minimum absolute atomic E-state index is 0.00564. The highest BCUT2D eigenvalue weighted by atomic mass is 16.5. The lowest BCUT2D eigenvalue weighted by Crippen LogP contribution is -2.55. The highest BCUT2D eigenvalue weighted by Crippen LogP contribution is 2.40. The van der Waals surface area contributed by atoms with Crippen molar-refractivity contribution in [1.82, 2.24) is 24.3 Å². The van der Waals surface area contributed by atoms with Crippen LogP contribution in [0.3, 0.4) is 0 Å². The largest absolute Gasteiger partial charge is 0.352 e. The maximum absolute atomic E-state index is 13.0. The van der Waals surface area contributed by atoms with Crippen LogP contribution in [0.2, 0.25) is 0 Å². The van der Waals surface area contributed by atoms with Crippen LogP contribution in [0.4, 0.5) is 0 Å². The molecule has 8 nitrogen and oxygen atoms in total. The molecular formula is C21H25N5O3. The zero-order valence-corrected chi connectivity index (χ0v) is 16.4. The number of pyridine rings is 1. The van der Waals surface area contributed by atoms with Crippen LogP contribution in [-0.4, -0.2) is 68.4 Å². The van der Waals surface area contributed by atoms with E-state index < -0.39 is 11.7 Å². The van der Waals surface area contributed by atoms with Crippen molar-refractivity contribution in [2.24, 2.45) is 0 Å². The fourth-order valence-corrected chi connectivity index (χ4v) is 4.76. The summed E-state index contributed by atoms with van der Waals surface area (Å²) in [5, 5.41) is 0. The smallest absolute Gasteiger partial charge is 0.253 e. The standard InChI is InChI=1S/C21H25N5O3/c27-18(16-3-7-22-8-4-16)25-12-5-21(6-13-25)20-23-9-14-26(20)15-17(29-21)19(28)24-10-1-2-11-24/h3-4,7-9,14,17H,1-2,5-6,10-13,15H2/t17-/m1/s1. The Morgan fingerprint density at radius 2 is 1.72 bits per heavy atom. The molecule has 2 saturated heterocycles. The van der Waals surface area contributed by atoms with E-state index in [0.29, 0.717) is 38.0 Å². The number of piperidine rings is 1. The second kappa shape index (κ2) is 7.26. The van der Waals surface area contributed by atoms with Crippen LogP contribution >= 0.6 is 0 Å². The lowest BCUT2D eigenvalue weighted by molar-refractivity contribution is -0.179. The molecule has 2 amide bonds. The minimum atomic E-state index is -0.614. The Balaban J connectivity index is 1.34. The highest BCUT2D eigenvalue weighted by molar-refractivity contribution is 5.94. The number of carbonyl (C=O) groups is 2. The van der Waals surface area contributed by atoms with Crippen LogP contribution in [0.5, 0.6) is 0 Å². The fraction of sp³-hybridized carbons (Fsp3) is 0.524. The lowest BCUT2D eigenvalue weighted by Gasteiger charge is -2.46. The van der Waals surface area contributed by atoms with Crippen LogP contribution in [0.25, 0.3) is 0 Å². The van der Waals surface area contributed by atoms with Crippen LogP contribution in [0.1, 0.15) is 41.9 Å². The number of likely N-dealkylation sites (tertiary alicyclic amines) is 2. The number of amides is 2. The molecular weight excluding hydrogens is 370 g/mol. The Labute approximate surface area is 169 Å². The predicted molar refractivity (Wildman–Crippen MR) is 104 cm³/mol. The summed E-state index contributed by atoms with van der Waals surface area (Å²) in [5.41, 5.74) is 0.0284. The number of rotatable bonds is 2. The molecule has 8 heteroatoms. The van der Waals surface area contributed by atoms with Gasteiger partial charge in [0, 0.05) is 69.4 Å². The summed E-state index contributed by atoms with van der Waals surface area (Å²) in [6, 6.07) is 3.47. The molecule has 0 aromatic carbocycles. The first-order valence-electron chi connectivity index (χ1n) is 10.3. The molecule has 0 N–H and O–H groups in total. The fourth-order valence-electron chi connectivity index (χ4n) is 4.76. The van der Waals surface area contributed by atoms with Gasteiger partial charge in [0.05, 0.1) is 6.54 Å². The molecule has 1 atom stereocenters. The molecule has 0 bridgehead atoms. The molecule has 5 rings (SSSR count). The zero-order chi connectivity index (χ0) is 19.8. The number of ether oxygens (including phenoxy) is 1. The van der Waals surface area contributed by atoms with Gasteiger partial charge in [0.1, 0.15) is 11.4 Å². The normalized spacial score (nSPS) is 23.2. The van der Waals surface area contributed by atoms with Crippen molar-refractivity contribution >= 4 is 11.8 Å². The van der Waals surface area contributed by atoms with E-state index in [1.807, 2.05) is 16.0 Å². The third kappa shape index (κ3) is 3.21. The number of imidazole rings is 1. The Morgan fingerprint density at radius 3 is 2.45 bits per heavy atom. The number of carbonyl (C=O) groups excluding carboxylic acids is 2. The van der Waals surface area contributed by atoms with E-state index in [1.165, 1.54) is 0 Å². The molecule has 2 aromatic heterocycles. The van der Waals surface area contributed by atoms with Crippen molar-refractivity contribution in [1.29, 1.82) is 0 Å². The third-order valence-electron chi connectivity index (χ3n) is 6.33. The van der Waals surface area contributed by atoms with Gasteiger partial charge in [0.15, 0.2) is 6.10 Å². The van der Waals surface area contributed by atoms with E-state index in [9.17, 15) is 9.59 Å². The van der Waals surface area contributed by atoms with Crippen LogP contribution < -0.4 is 0 Å². The van der Waals surface area contributed by atoms with Crippen molar-refractivity contribution in [2.75, 3.05) is 26.2 Å². The third-order valence-corrected chi connectivity index (χ3v) is 6.33. The number of hydrogen-bond acceptors (Lipinski definition) is 5. The SMILES string of the molecule is O=C(c1ccncc1)N1CCC2(CC1)O[C@@H](C(=O)N1CCCC1)Cn1ccnc12. The Hall–Kier alpha value is -2.74. The summed E-state index contributed by atoms with van der Waals surface area (Å²) in [7, 11) is 0. The van der Waals surface area contributed by atoms with Crippen molar-refractivity contribution in [2.45, 2.75) is 43.9 Å². The van der Waals surface area contributed by atoms with Gasteiger partial charge in [-0.2, -0.15) is 0 Å². The van der Waals surface area contributed by atoms with Gasteiger partial charge in [0.2, 0.25) is 0 Å². The monoisotopic (exact) mass is 395 g/mol. The zero-order valence-electron chi connectivity index (χ0n) is 16.4. The predicted octanol–water partition coefficient (Wildman–Crippen LogP) is 1.43. The molecule has 3 aliphatic heterocycles. The van der Waals surface area contributed by atoms with E-state index in [-0.39, 0.29) is 11.8 Å². The number of hydrogen-bond donors (Lipinski definition) is 0. The number of fused-ring (bicyclic) bond motifs is 2. The van der Waals surface area contributed by atoms with Gasteiger partial charge in [-0.25, -0.2) is 4.98 Å². The van der Waals surface area contributed by atoms with Crippen molar-refractivity contribution < 1.29 is 14.3 Å². The summed E-state index contributed by atoms with van der Waals surface area (Å²) >= 11 is 0. The maximum atomic E-state index is 13.0. The molecule has 0 saturated carbocycles. The van der Waals surface area contributed by atoms with E-state index in [1.54, 1.807) is 30.7 Å². The molecule has 152 valence electrons. The van der Waals surface area contributed by atoms with E-state index in [2.05, 4.69) is 14.5 Å². The number of nitrogens with zero attached hydrogens (tertiary/aromatic N) is 5. The van der Waals surface area contributed by atoms with Gasteiger partial charge < -0.3 is 19.1 Å². The first-order chi connectivity index (χ1) is 14.2. The highest BCUT2D eigenvalue weighted by Gasteiger charge is 2.48. The Kier molecular flexibility index (Phi) is 4.58. The second-order valence-electron chi connectivity index (χ2n) is 8.06. The van der Waals surface area contributed by atoms with Gasteiger partial charge in [-0.1, -0.05) is 0 Å². The molecule has 1 spiro atoms. The average molecular weight is 395 g/mol. The molecule has 2 fully saturated rings. The topological polar surface area (TPSA) is 80.6 Å². The summed E-state index contributed by atoms with van der Waals surface area (Å²) < 4.78 is 8.54. The van der Waals surface area contributed by atoms with Gasteiger partial charge in [0.25, 0.3) is 11.8 Å². The van der Waals surface area contributed by atoms with Crippen LogP contribution in [0, 0.1) is 0 Å². The first kappa shape index (κ1) is 18.3. The quantitative estimate of drug-likeness (QED) is 0.769. The molecule has 0 aliphatic carbocycles. The Bertz CT molecular complexity index is 898. The first-order valence-corrected chi connectivity index (χ1v) is 10.3. The summed E-state index contributed by atoms with van der Waals surface area (Å²) in [6.45, 7) is 3.27. The molecule has 2 aromatic rings. The average Bonchev–Trinajstić information content (AvgIpc) is 3.46. The molecule has 5 heterocycles. The molecule has 0 radical (unpaired) electrons. The summed E-state index contributed by atoms with van der Waals surface area (Å²) in [4.78, 5) is 38.1. The lowest BCUT2D eigenvalue weighted by atomic mass is 9.88. The molecule has 0 unspecified atom stereocenters. The summed E-state index contributed by atoms with van der Waals surface area (Å²) in [5.74, 6) is 0.960. The van der Waals surface area contributed by atoms with Gasteiger partial charge in [-0.15, -0.1) is 0 Å². The van der Waals surface area contributed by atoms with Crippen molar-refractivity contribution in [3.63, 3.8) is 0 Å².